The zero-order valence-electron chi connectivity index (χ0n) is 18.7. The molecule has 0 fully saturated rings. The molecule has 0 bridgehead atoms. The second-order valence-corrected chi connectivity index (χ2v) is 9.45. The largest absolute Gasteiger partial charge is 0.481 e. The number of ether oxygens (including phenoxy) is 1. The van der Waals surface area contributed by atoms with Gasteiger partial charge in [-0.15, -0.1) is 0 Å². The number of nitrogens with one attached hydrogen (secondary N) is 2. The Kier molecular flexibility index (Phi) is 7.42. The Morgan fingerprint density at radius 1 is 1.06 bits per heavy atom. The number of anilines is 1. The molecule has 9 heteroatoms. The van der Waals surface area contributed by atoms with Crippen LogP contribution in [0.1, 0.15) is 29.0 Å². The quantitative estimate of drug-likeness (QED) is 0.344. The Labute approximate surface area is 215 Å². The number of aliphatic carboxylic acids is 1. The lowest BCUT2D eigenvalue weighted by molar-refractivity contribution is -0.139. The van der Waals surface area contributed by atoms with Gasteiger partial charge in [-0.1, -0.05) is 60.1 Å². The molecule has 0 radical (unpaired) electrons. The van der Waals surface area contributed by atoms with Gasteiger partial charge in [0.25, 0.3) is 0 Å². The molecular weight excluding hydrogens is 536 g/mol. The number of carbonyl (C=O) groups excluding carboxylic acids is 2. The molecule has 2 amide bonds. The predicted molar refractivity (Wildman–Crippen MR) is 137 cm³/mol. The Balaban J connectivity index is 1.45. The summed E-state index contributed by atoms with van der Waals surface area (Å²) in [6, 6.07) is 17.7. The second-order valence-electron chi connectivity index (χ2n) is 8.19. The number of halogens is 2. The Morgan fingerprint density at radius 2 is 1.66 bits per heavy atom. The van der Waals surface area contributed by atoms with Gasteiger partial charge in [0.05, 0.1) is 11.4 Å². The number of hydrogen-bond acceptors (Lipinski definition) is 4. The molecule has 1 aliphatic carbocycles. The second kappa shape index (κ2) is 10.5. The summed E-state index contributed by atoms with van der Waals surface area (Å²) in [5.41, 5.74) is 5.39. The molecule has 3 aromatic rings. The van der Waals surface area contributed by atoms with Crippen LogP contribution in [0, 0.1) is 6.92 Å². The van der Waals surface area contributed by atoms with Crippen molar-refractivity contribution in [2.45, 2.75) is 25.3 Å². The van der Waals surface area contributed by atoms with Crippen molar-refractivity contribution in [3.8, 4) is 11.1 Å². The average Bonchev–Trinajstić information content (AvgIpc) is 3.14. The topological polar surface area (TPSA) is 105 Å². The third-order valence-corrected chi connectivity index (χ3v) is 7.05. The van der Waals surface area contributed by atoms with Crippen LogP contribution in [0.25, 0.3) is 11.1 Å². The highest BCUT2D eigenvalue weighted by Gasteiger charge is 2.30. The number of fused-ring (bicyclic) bond motifs is 3. The summed E-state index contributed by atoms with van der Waals surface area (Å²) < 4.78 is 6.12. The smallest absolute Gasteiger partial charge is 0.407 e. The van der Waals surface area contributed by atoms with Crippen molar-refractivity contribution in [2.75, 3.05) is 11.9 Å². The fourth-order valence-electron chi connectivity index (χ4n) is 4.17. The normalized spacial score (nSPS) is 12.9. The van der Waals surface area contributed by atoms with Crippen LogP contribution in [0.15, 0.2) is 65.1 Å². The van der Waals surface area contributed by atoms with Crippen LogP contribution in [-0.2, 0) is 14.3 Å². The van der Waals surface area contributed by atoms with E-state index in [0.29, 0.717) is 20.7 Å². The van der Waals surface area contributed by atoms with Crippen LogP contribution >= 0.6 is 27.5 Å². The molecule has 0 aromatic heterocycles. The van der Waals surface area contributed by atoms with E-state index in [2.05, 4.69) is 26.6 Å². The molecule has 0 spiro atoms. The van der Waals surface area contributed by atoms with Crippen molar-refractivity contribution in [3.63, 3.8) is 0 Å². The first-order valence-electron chi connectivity index (χ1n) is 10.8. The van der Waals surface area contributed by atoms with Gasteiger partial charge in [0.1, 0.15) is 12.6 Å². The van der Waals surface area contributed by atoms with Crippen molar-refractivity contribution in [3.05, 3.63) is 86.8 Å². The van der Waals surface area contributed by atoms with Gasteiger partial charge in [0, 0.05) is 16.1 Å². The molecule has 0 saturated carbocycles. The molecule has 1 unspecified atom stereocenters. The van der Waals surface area contributed by atoms with Crippen molar-refractivity contribution in [1.82, 2.24) is 5.32 Å². The number of carboxylic acid groups (broad SMARTS) is 1. The van der Waals surface area contributed by atoms with E-state index >= 15 is 0 Å². The van der Waals surface area contributed by atoms with E-state index in [0.717, 1.165) is 22.3 Å². The van der Waals surface area contributed by atoms with Gasteiger partial charge in [0.15, 0.2) is 0 Å². The summed E-state index contributed by atoms with van der Waals surface area (Å²) in [6.45, 7) is 1.81. The monoisotopic (exact) mass is 556 g/mol. The summed E-state index contributed by atoms with van der Waals surface area (Å²) in [5.74, 6) is -2.09. The molecule has 3 N–H and O–H groups in total. The zero-order chi connectivity index (χ0) is 25.1. The summed E-state index contributed by atoms with van der Waals surface area (Å²) in [4.78, 5) is 36.8. The van der Waals surface area contributed by atoms with Crippen LogP contribution in [0.2, 0.25) is 5.02 Å². The first-order chi connectivity index (χ1) is 16.7. The molecule has 180 valence electrons. The van der Waals surface area contributed by atoms with E-state index in [4.69, 9.17) is 16.3 Å². The third-order valence-electron chi connectivity index (χ3n) is 5.86. The lowest BCUT2D eigenvalue weighted by Gasteiger charge is -2.19. The summed E-state index contributed by atoms with van der Waals surface area (Å²) >= 11 is 9.42. The highest BCUT2D eigenvalue weighted by atomic mass is 79.9. The molecular formula is C26H22BrClN2O5. The number of carboxylic acids is 1. The number of amides is 2. The van der Waals surface area contributed by atoms with Crippen molar-refractivity contribution < 1.29 is 24.2 Å². The molecule has 1 aliphatic rings. The van der Waals surface area contributed by atoms with Crippen molar-refractivity contribution in [2.24, 2.45) is 0 Å². The zero-order valence-corrected chi connectivity index (χ0v) is 21.0. The van der Waals surface area contributed by atoms with Gasteiger partial charge >= 0.3 is 12.1 Å². The summed E-state index contributed by atoms with van der Waals surface area (Å²) in [5, 5.41) is 14.7. The maximum Gasteiger partial charge on any atom is 0.407 e. The highest BCUT2D eigenvalue weighted by Crippen LogP contribution is 2.44. The first kappa shape index (κ1) is 24.8. The van der Waals surface area contributed by atoms with Crippen molar-refractivity contribution >= 4 is 51.2 Å². The summed E-state index contributed by atoms with van der Waals surface area (Å²) in [6.07, 6.45) is -1.49. The molecule has 0 saturated heterocycles. The lowest BCUT2D eigenvalue weighted by atomic mass is 9.98. The van der Waals surface area contributed by atoms with Crippen LogP contribution in [0.4, 0.5) is 10.5 Å². The van der Waals surface area contributed by atoms with E-state index in [1.165, 1.54) is 0 Å². The number of carbonyl (C=O) groups is 3. The van der Waals surface area contributed by atoms with Crippen LogP contribution in [0.5, 0.6) is 0 Å². The molecule has 35 heavy (non-hydrogen) atoms. The predicted octanol–water partition coefficient (Wildman–Crippen LogP) is 5.73. The van der Waals surface area contributed by atoms with Crippen molar-refractivity contribution in [1.29, 1.82) is 0 Å². The Bertz CT molecular complexity index is 1270. The number of alkyl carbamates (subject to hydrolysis) is 1. The minimum atomic E-state index is -1.34. The third kappa shape index (κ3) is 5.49. The van der Waals surface area contributed by atoms with Crippen LogP contribution < -0.4 is 10.6 Å². The molecule has 0 aliphatic heterocycles. The van der Waals surface area contributed by atoms with E-state index in [1.54, 1.807) is 19.1 Å². The maximum atomic E-state index is 12.8. The Morgan fingerprint density at radius 3 is 2.26 bits per heavy atom. The van der Waals surface area contributed by atoms with Gasteiger partial charge in [-0.05, 0) is 62.8 Å². The van der Waals surface area contributed by atoms with E-state index in [1.807, 2.05) is 48.5 Å². The minimum absolute atomic E-state index is 0.0443. The number of aryl methyl sites for hydroxylation is 1. The molecule has 4 rings (SSSR count). The highest BCUT2D eigenvalue weighted by molar-refractivity contribution is 9.10. The minimum Gasteiger partial charge on any atom is -0.481 e. The summed E-state index contributed by atoms with van der Waals surface area (Å²) in [7, 11) is 0. The van der Waals surface area contributed by atoms with E-state index in [9.17, 15) is 19.5 Å². The molecule has 0 heterocycles. The fourth-order valence-corrected chi connectivity index (χ4v) is 4.79. The van der Waals surface area contributed by atoms with Crippen LogP contribution in [-0.4, -0.2) is 35.7 Å². The number of benzene rings is 3. The van der Waals surface area contributed by atoms with Gasteiger partial charge in [-0.3, -0.25) is 9.59 Å². The first-order valence-corrected chi connectivity index (χ1v) is 12.0. The van der Waals surface area contributed by atoms with Gasteiger partial charge < -0.3 is 20.5 Å². The number of rotatable bonds is 7. The maximum absolute atomic E-state index is 12.8. The van der Waals surface area contributed by atoms with E-state index in [-0.39, 0.29) is 12.5 Å². The fraction of sp³-hybridized carbons (Fsp3) is 0.192. The van der Waals surface area contributed by atoms with E-state index < -0.39 is 30.4 Å². The molecule has 7 nitrogen and oxygen atoms in total. The molecule has 1 atom stereocenters. The van der Waals surface area contributed by atoms with Crippen LogP contribution in [0.3, 0.4) is 0 Å². The average molecular weight is 558 g/mol. The standard InChI is InChI=1S/C26H22BrClN2O5/c1-14-10-20(27)21(28)11-22(14)29-25(33)23(12-24(31)32)30-26(34)35-13-19-17-8-4-2-6-15(17)16-7-3-5-9-18(16)19/h2-11,19,23H,12-13H2,1H3,(H,29,33)(H,30,34)(H,31,32). The molecule has 3 aromatic carbocycles. The van der Waals surface area contributed by atoms with Gasteiger partial charge in [-0.2, -0.15) is 0 Å². The van der Waals surface area contributed by atoms with Gasteiger partial charge in [0.2, 0.25) is 5.91 Å². The lowest BCUT2D eigenvalue weighted by Crippen LogP contribution is -2.45. The Hall–Kier alpha value is -3.36. The SMILES string of the molecule is Cc1cc(Br)c(Cl)cc1NC(=O)C(CC(=O)O)NC(=O)OCC1c2ccccc2-c2ccccc21. The number of hydrogen-bond donors (Lipinski definition) is 3. The van der Waals surface area contributed by atoms with Gasteiger partial charge in [-0.25, -0.2) is 4.79 Å².